The van der Waals surface area contributed by atoms with Gasteiger partial charge >= 0.3 is 6.18 Å². The van der Waals surface area contributed by atoms with Crippen LogP contribution in [0, 0.1) is 0 Å². The molecule has 0 heterocycles. The van der Waals surface area contributed by atoms with E-state index in [1.54, 1.807) is 48.5 Å². The molecule has 2 rings (SSSR count). The third-order valence-electron chi connectivity index (χ3n) is 2.96. The molecule has 116 valence electrons. The van der Waals surface area contributed by atoms with Gasteiger partial charge in [-0.3, -0.25) is 4.79 Å². The van der Waals surface area contributed by atoms with Crippen LogP contribution in [0.1, 0.15) is 6.42 Å². The van der Waals surface area contributed by atoms with Gasteiger partial charge in [0.05, 0.1) is 6.42 Å². The van der Waals surface area contributed by atoms with E-state index in [0.29, 0.717) is 11.4 Å². The molecule has 0 aliphatic rings. The molecule has 0 unspecified atom stereocenters. The van der Waals surface area contributed by atoms with Gasteiger partial charge < -0.3 is 10.6 Å². The number of amides is 1. The lowest BCUT2D eigenvalue weighted by molar-refractivity contribution is -0.148. The monoisotopic (exact) mass is 308 g/mol. The van der Waals surface area contributed by atoms with Crippen LogP contribution in [0.15, 0.2) is 60.7 Å². The Bertz CT molecular complexity index is 600. The highest BCUT2D eigenvalue weighted by molar-refractivity contribution is 5.91. The maximum absolute atomic E-state index is 13.1. The Hall–Kier alpha value is -2.50. The van der Waals surface area contributed by atoms with Crippen molar-refractivity contribution in [3.8, 4) is 0 Å². The number of carbonyl (C=O) groups is 1. The van der Waals surface area contributed by atoms with Crippen molar-refractivity contribution in [3.63, 3.8) is 0 Å². The Morgan fingerprint density at radius 1 is 0.909 bits per heavy atom. The first kappa shape index (κ1) is 15.9. The largest absolute Gasteiger partial charge is 0.409 e. The SMILES string of the molecule is O=C(C[C@@H](Nc1ccccc1)C(F)(F)F)Nc1ccccc1. The Morgan fingerprint density at radius 3 is 1.91 bits per heavy atom. The van der Waals surface area contributed by atoms with E-state index in [4.69, 9.17) is 0 Å². The fraction of sp³-hybridized carbons (Fsp3) is 0.188. The van der Waals surface area contributed by atoms with E-state index >= 15 is 0 Å². The van der Waals surface area contributed by atoms with E-state index in [9.17, 15) is 18.0 Å². The predicted molar refractivity (Wildman–Crippen MR) is 79.6 cm³/mol. The van der Waals surface area contributed by atoms with Crippen molar-refractivity contribution < 1.29 is 18.0 Å². The third-order valence-corrected chi connectivity index (χ3v) is 2.96. The summed E-state index contributed by atoms with van der Waals surface area (Å²) in [5.41, 5.74) is 0.783. The maximum atomic E-state index is 13.1. The van der Waals surface area contributed by atoms with Gasteiger partial charge in [-0.2, -0.15) is 13.2 Å². The van der Waals surface area contributed by atoms with Crippen LogP contribution in [-0.2, 0) is 4.79 Å². The van der Waals surface area contributed by atoms with Gasteiger partial charge in [-0.15, -0.1) is 0 Å². The number of para-hydroxylation sites is 2. The van der Waals surface area contributed by atoms with Crippen LogP contribution in [0.2, 0.25) is 0 Å². The Morgan fingerprint density at radius 2 is 1.41 bits per heavy atom. The first-order valence-corrected chi connectivity index (χ1v) is 6.68. The fourth-order valence-electron chi connectivity index (χ4n) is 1.90. The average Bonchev–Trinajstić information content (AvgIpc) is 2.48. The molecule has 0 saturated carbocycles. The van der Waals surface area contributed by atoms with Gasteiger partial charge in [0.2, 0.25) is 5.91 Å². The fourth-order valence-corrected chi connectivity index (χ4v) is 1.90. The number of benzene rings is 2. The molecule has 0 saturated heterocycles. The van der Waals surface area contributed by atoms with E-state index in [2.05, 4.69) is 10.6 Å². The van der Waals surface area contributed by atoms with Gasteiger partial charge in [-0.05, 0) is 24.3 Å². The number of halogens is 3. The highest BCUT2D eigenvalue weighted by atomic mass is 19.4. The molecule has 6 heteroatoms. The van der Waals surface area contributed by atoms with Crippen LogP contribution in [0.25, 0.3) is 0 Å². The first-order valence-electron chi connectivity index (χ1n) is 6.68. The molecule has 1 atom stereocenters. The molecule has 1 amide bonds. The average molecular weight is 308 g/mol. The van der Waals surface area contributed by atoms with Gasteiger partial charge in [-0.1, -0.05) is 36.4 Å². The molecule has 2 aromatic carbocycles. The van der Waals surface area contributed by atoms with Crippen LogP contribution in [0.3, 0.4) is 0 Å². The quantitative estimate of drug-likeness (QED) is 0.874. The zero-order valence-corrected chi connectivity index (χ0v) is 11.6. The van der Waals surface area contributed by atoms with Crippen LogP contribution < -0.4 is 10.6 Å². The molecule has 22 heavy (non-hydrogen) atoms. The molecule has 0 fully saturated rings. The van der Waals surface area contributed by atoms with Gasteiger partial charge in [0.15, 0.2) is 0 Å². The van der Waals surface area contributed by atoms with Gasteiger partial charge in [0.25, 0.3) is 0 Å². The van der Waals surface area contributed by atoms with Crippen LogP contribution in [0.5, 0.6) is 0 Å². The minimum absolute atomic E-state index is 0.317. The molecule has 0 bridgehead atoms. The lowest BCUT2D eigenvalue weighted by Gasteiger charge is -2.22. The molecule has 0 aromatic heterocycles. The van der Waals surface area contributed by atoms with Gasteiger partial charge in [0, 0.05) is 11.4 Å². The summed E-state index contributed by atoms with van der Waals surface area (Å²) >= 11 is 0. The number of rotatable bonds is 5. The molecule has 0 aliphatic heterocycles. The summed E-state index contributed by atoms with van der Waals surface area (Å²) in [6.07, 6.45) is -5.23. The summed E-state index contributed by atoms with van der Waals surface area (Å²) in [5.74, 6) is -0.697. The molecule has 0 radical (unpaired) electrons. The lowest BCUT2D eigenvalue weighted by Crippen LogP contribution is -2.39. The maximum Gasteiger partial charge on any atom is 0.409 e. The summed E-state index contributed by atoms with van der Waals surface area (Å²) in [5, 5.41) is 4.80. The topological polar surface area (TPSA) is 41.1 Å². The second-order valence-corrected chi connectivity index (χ2v) is 4.72. The minimum atomic E-state index is -4.52. The van der Waals surface area contributed by atoms with Crippen LogP contribution in [-0.4, -0.2) is 18.1 Å². The van der Waals surface area contributed by atoms with E-state index in [1.807, 2.05) is 0 Å². The molecule has 0 aliphatic carbocycles. The zero-order chi connectivity index (χ0) is 16.0. The predicted octanol–water partition coefficient (Wildman–Crippen LogP) is 4.06. The van der Waals surface area contributed by atoms with Crippen molar-refractivity contribution in [2.45, 2.75) is 18.6 Å². The van der Waals surface area contributed by atoms with Gasteiger partial charge in [0.1, 0.15) is 6.04 Å². The van der Waals surface area contributed by atoms with Crippen molar-refractivity contribution in [2.24, 2.45) is 0 Å². The molecule has 2 N–H and O–H groups in total. The Labute approximate surface area is 126 Å². The molecular weight excluding hydrogens is 293 g/mol. The van der Waals surface area contributed by atoms with E-state index in [1.165, 1.54) is 12.1 Å². The van der Waals surface area contributed by atoms with Gasteiger partial charge in [-0.25, -0.2) is 0 Å². The summed E-state index contributed by atoms with van der Waals surface area (Å²) in [6.45, 7) is 0. The summed E-state index contributed by atoms with van der Waals surface area (Å²) in [6, 6.07) is 14.4. The molecule has 3 nitrogen and oxygen atoms in total. The zero-order valence-electron chi connectivity index (χ0n) is 11.6. The Balaban J connectivity index is 2.02. The van der Waals surface area contributed by atoms with Crippen molar-refractivity contribution >= 4 is 17.3 Å². The third kappa shape index (κ3) is 4.80. The van der Waals surface area contributed by atoms with Crippen LogP contribution in [0.4, 0.5) is 24.5 Å². The molecule has 0 spiro atoms. The summed E-state index contributed by atoms with van der Waals surface area (Å²) in [4.78, 5) is 11.8. The summed E-state index contributed by atoms with van der Waals surface area (Å²) in [7, 11) is 0. The highest BCUT2D eigenvalue weighted by Crippen LogP contribution is 2.26. The number of hydrogen-bond acceptors (Lipinski definition) is 2. The first-order chi connectivity index (χ1) is 10.4. The standard InChI is InChI=1S/C16H15F3N2O/c17-16(18,19)14(20-12-7-3-1-4-8-12)11-15(22)21-13-9-5-2-6-10-13/h1-10,14,20H,11H2,(H,21,22)/t14-/m1/s1. The highest BCUT2D eigenvalue weighted by Gasteiger charge is 2.40. The number of alkyl halides is 3. The van der Waals surface area contributed by atoms with Crippen molar-refractivity contribution in [1.29, 1.82) is 0 Å². The minimum Gasteiger partial charge on any atom is -0.374 e. The number of carbonyl (C=O) groups excluding carboxylic acids is 1. The molecular formula is C16H15F3N2O. The van der Waals surface area contributed by atoms with Crippen LogP contribution >= 0.6 is 0 Å². The van der Waals surface area contributed by atoms with E-state index in [0.717, 1.165) is 0 Å². The number of hydrogen-bond donors (Lipinski definition) is 2. The second kappa shape index (κ2) is 6.98. The van der Waals surface area contributed by atoms with Crippen molar-refractivity contribution in [1.82, 2.24) is 0 Å². The smallest absolute Gasteiger partial charge is 0.374 e. The Kier molecular flexibility index (Phi) is 5.04. The van der Waals surface area contributed by atoms with E-state index < -0.39 is 24.5 Å². The summed E-state index contributed by atoms with van der Waals surface area (Å²) < 4.78 is 39.2. The molecule has 2 aromatic rings. The lowest BCUT2D eigenvalue weighted by atomic mass is 10.1. The normalized spacial score (nSPS) is 12.5. The van der Waals surface area contributed by atoms with E-state index in [-0.39, 0.29) is 0 Å². The second-order valence-electron chi connectivity index (χ2n) is 4.72. The van der Waals surface area contributed by atoms with Crippen molar-refractivity contribution in [3.05, 3.63) is 60.7 Å². The number of nitrogens with one attached hydrogen (secondary N) is 2. The number of anilines is 2. The van der Waals surface area contributed by atoms with Crippen molar-refractivity contribution in [2.75, 3.05) is 10.6 Å².